The minimum Gasteiger partial charge on any atom is -0.396 e. The van der Waals surface area contributed by atoms with Gasteiger partial charge in [0.2, 0.25) is 5.78 Å². The third-order valence-corrected chi connectivity index (χ3v) is 2.60. The second kappa shape index (κ2) is 4.13. The number of hydrogen-bond donors (Lipinski definition) is 1. The number of fused-ring (bicyclic) bond motifs is 1. The summed E-state index contributed by atoms with van der Waals surface area (Å²) in [5.41, 5.74) is -1.15. The van der Waals surface area contributed by atoms with Crippen LogP contribution in [0.2, 0.25) is 0 Å². The lowest BCUT2D eigenvalue weighted by atomic mass is 10.4. The van der Waals surface area contributed by atoms with Crippen molar-refractivity contribution in [3.05, 3.63) is 26.8 Å². The van der Waals surface area contributed by atoms with Gasteiger partial charge in [-0.1, -0.05) is 0 Å². The minimum absolute atomic E-state index is 0.0875. The topological polar surface area (TPSA) is 94.4 Å². The van der Waals surface area contributed by atoms with Gasteiger partial charge in [0, 0.05) is 20.2 Å². The van der Waals surface area contributed by atoms with E-state index in [0.717, 1.165) is 9.08 Å². The van der Waals surface area contributed by atoms with E-state index in [1.165, 1.54) is 0 Å². The lowest BCUT2D eigenvalue weighted by Crippen LogP contribution is -2.39. The lowest BCUT2D eigenvalue weighted by molar-refractivity contribution is 0.277. The van der Waals surface area contributed by atoms with E-state index < -0.39 is 11.4 Å². The number of aliphatic hydroxyl groups excluding tert-OH is 1. The Labute approximate surface area is 95.8 Å². The van der Waals surface area contributed by atoms with Gasteiger partial charge in [-0.25, -0.2) is 14.2 Å². The van der Waals surface area contributed by atoms with Crippen LogP contribution in [0.1, 0.15) is 12.2 Å². The van der Waals surface area contributed by atoms with Crippen LogP contribution in [0.15, 0.2) is 9.59 Å². The van der Waals surface area contributed by atoms with Crippen molar-refractivity contribution in [1.29, 1.82) is 0 Å². The molecule has 0 aliphatic rings. The molecule has 0 aromatic carbocycles. The lowest BCUT2D eigenvalue weighted by Gasteiger charge is -2.02. The predicted molar refractivity (Wildman–Crippen MR) is 58.9 cm³/mol. The van der Waals surface area contributed by atoms with E-state index in [2.05, 4.69) is 10.1 Å². The van der Waals surface area contributed by atoms with Gasteiger partial charge in [-0.3, -0.25) is 4.57 Å². The second-order valence-corrected chi connectivity index (χ2v) is 3.72. The predicted octanol–water partition coefficient (Wildman–Crippen LogP) is -1.72. The zero-order valence-electron chi connectivity index (χ0n) is 9.62. The van der Waals surface area contributed by atoms with Crippen LogP contribution < -0.4 is 11.4 Å². The molecular formula is C9H13N5O3. The molecular weight excluding hydrogens is 226 g/mol. The van der Waals surface area contributed by atoms with Crippen molar-refractivity contribution < 1.29 is 5.11 Å². The first-order valence-corrected chi connectivity index (χ1v) is 5.20. The summed E-state index contributed by atoms with van der Waals surface area (Å²) in [5.74, 6) is 0.812. The first kappa shape index (κ1) is 11.5. The zero-order valence-corrected chi connectivity index (χ0v) is 9.62. The zero-order chi connectivity index (χ0) is 12.6. The number of aliphatic hydroxyl groups is 1. The smallest absolute Gasteiger partial charge is 0.356 e. The number of rotatable bonds is 3. The largest absolute Gasteiger partial charge is 0.396 e. The van der Waals surface area contributed by atoms with Gasteiger partial charge >= 0.3 is 11.4 Å². The van der Waals surface area contributed by atoms with Crippen molar-refractivity contribution in [2.24, 2.45) is 7.05 Å². The molecule has 0 aliphatic heterocycles. The molecule has 0 unspecified atom stereocenters. The third-order valence-electron chi connectivity index (χ3n) is 2.60. The van der Waals surface area contributed by atoms with Crippen LogP contribution in [0, 0.1) is 6.92 Å². The Morgan fingerprint density at radius 3 is 2.71 bits per heavy atom. The van der Waals surface area contributed by atoms with Gasteiger partial charge in [-0.05, 0) is 13.3 Å². The highest BCUT2D eigenvalue weighted by molar-refractivity contribution is 5.26. The molecule has 0 bridgehead atoms. The summed E-state index contributed by atoms with van der Waals surface area (Å²) < 4.78 is 3.63. The van der Waals surface area contributed by atoms with Gasteiger partial charge in [-0.2, -0.15) is 4.98 Å². The van der Waals surface area contributed by atoms with Crippen molar-refractivity contribution in [3.63, 3.8) is 0 Å². The van der Waals surface area contributed by atoms with Crippen molar-refractivity contribution in [2.45, 2.75) is 19.9 Å². The Balaban J connectivity index is 2.72. The standard InChI is InChI=1S/C9H13N5O3/c1-6-11-14-7(12(6)2)10-8(16)13(9(14)17)4-3-5-15/h15H,3-5H2,1-2H3. The molecule has 8 nitrogen and oxygen atoms in total. The number of hydrogen-bond acceptors (Lipinski definition) is 5. The molecule has 0 atom stereocenters. The summed E-state index contributed by atoms with van der Waals surface area (Å²) in [6.45, 7) is 1.77. The molecule has 0 saturated carbocycles. The molecule has 8 heteroatoms. The van der Waals surface area contributed by atoms with E-state index >= 15 is 0 Å². The minimum atomic E-state index is -0.619. The molecule has 1 N–H and O–H groups in total. The van der Waals surface area contributed by atoms with Crippen LogP contribution in [0.5, 0.6) is 0 Å². The first-order chi connectivity index (χ1) is 8.06. The molecule has 92 valence electrons. The summed E-state index contributed by atoms with van der Waals surface area (Å²) >= 11 is 0. The van der Waals surface area contributed by atoms with Crippen LogP contribution in [0.25, 0.3) is 5.78 Å². The highest BCUT2D eigenvalue weighted by Crippen LogP contribution is 1.96. The summed E-state index contributed by atoms with van der Waals surface area (Å²) in [6.07, 6.45) is 0.328. The average Bonchev–Trinajstić information content (AvgIpc) is 2.57. The average molecular weight is 239 g/mol. The third kappa shape index (κ3) is 1.76. The second-order valence-electron chi connectivity index (χ2n) is 3.72. The van der Waals surface area contributed by atoms with Gasteiger partial charge in [0.15, 0.2) is 0 Å². The van der Waals surface area contributed by atoms with Crippen LogP contribution >= 0.6 is 0 Å². The molecule has 2 heterocycles. The number of aromatic nitrogens is 5. The fraction of sp³-hybridized carbons (Fsp3) is 0.556. The van der Waals surface area contributed by atoms with Crippen molar-refractivity contribution >= 4 is 5.78 Å². The van der Waals surface area contributed by atoms with Crippen molar-refractivity contribution in [2.75, 3.05) is 6.61 Å². The molecule has 0 fully saturated rings. The quantitative estimate of drug-likeness (QED) is 0.687. The molecule has 0 radical (unpaired) electrons. The van der Waals surface area contributed by atoms with E-state index in [1.54, 1.807) is 18.5 Å². The Hall–Kier alpha value is -1.96. The van der Waals surface area contributed by atoms with E-state index in [-0.39, 0.29) is 18.9 Å². The summed E-state index contributed by atoms with van der Waals surface area (Å²) in [4.78, 5) is 27.4. The van der Waals surface area contributed by atoms with Crippen LogP contribution in [-0.2, 0) is 13.6 Å². The molecule has 0 spiro atoms. The molecule has 2 aromatic heterocycles. The van der Waals surface area contributed by atoms with Crippen molar-refractivity contribution in [1.82, 2.24) is 23.7 Å². The number of aryl methyl sites for hydroxylation is 2. The Bertz CT molecular complexity index is 666. The summed E-state index contributed by atoms with van der Waals surface area (Å²) in [6, 6.07) is 0. The molecule has 17 heavy (non-hydrogen) atoms. The normalized spacial score (nSPS) is 11.2. The fourth-order valence-electron chi connectivity index (χ4n) is 1.56. The van der Waals surface area contributed by atoms with Gasteiger partial charge in [0.05, 0.1) is 0 Å². The SMILES string of the molecule is Cc1nn2c(=O)n(CCCO)c(=O)nc2n1C. The molecule has 0 saturated heterocycles. The van der Waals surface area contributed by atoms with Crippen LogP contribution in [0.4, 0.5) is 0 Å². The fourth-order valence-corrected chi connectivity index (χ4v) is 1.56. The Kier molecular flexibility index (Phi) is 2.80. The maximum absolute atomic E-state index is 11.9. The highest BCUT2D eigenvalue weighted by Gasteiger charge is 2.12. The van der Waals surface area contributed by atoms with Crippen LogP contribution in [-0.4, -0.2) is 35.4 Å². The van der Waals surface area contributed by atoms with E-state index in [9.17, 15) is 9.59 Å². The molecule has 2 aromatic rings. The summed E-state index contributed by atoms with van der Waals surface area (Å²) in [7, 11) is 1.68. The van der Waals surface area contributed by atoms with E-state index in [1.807, 2.05) is 0 Å². The van der Waals surface area contributed by atoms with Crippen molar-refractivity contribution in [3.8, 4) is 0 Å². The highest BCUT2D eigenvalue weighted by atomic mass is 16.3. The maximum Gasteiger partial charge on any atom is 0.356 e. The Morgan fingerprint density at radius 2 is 2.06 bits per heavy atom. The van der Waals surface area contributed by atoms with Gasteiger partial charge in [0.25, 0.3) is 0 Å². The van der Waals surface area contributed by atoms with E-state index in [0.29, 0.717) is 12.2 Å². The van der Waals surface area contributed by atoms with Gasteiger partial charge in [0.1, 0.15) is 5.82 Å². The molecule has 0 aliphatic carbocycles. The summed E-state index contributed by atoms with van der Waals surface area (Å²) in [5, 5.41) is 12.7. The van der Waals surface area contributed by atoms with Gasteiger partial charge in [-0.15, -0.1) is 9.61 Å². The van der Waals surface area contributed by atoms with Gasteiger partial charge < -0.3 is 5.11 Å². The first-order valence-electron chi connectivity index (χ1n) is 5.20. The molecule has 0 amide bonds. The number of nitrogens with zero attached hydrogens (tertiary/aromatic N) is 5. The molecule has 2 rings (SSSR count). The maximum atomic E-state index is 11.9. The Morgan fingerprint density at radius 1 is 1.35 bits per heavy atom. The van der Waals surface area contributed by atoms with Crippen LogP contribution in [0.3, 0.4) is 0 Å². The van der Waals surface area contributed by atoms with E-state index in [4.69, 9.17) is 5.11 Å². The monoisotopic (exact) mass is 239 g/mol.